The first-order chi connectivity index (χ1) is 16.0. The fraction of sp³-hybridized carbons (Fsp3) is 0.0769. The van der Waals surface area contributed by atoms with Gasteiger partial charge in [0.05, 0.1) is 17.6 Å². The molecular formula is C26H18ClNO5. The van der Waals surface area contributed by atoms with Crippen molar-refractivity contribution in [1.29, 1.82) is 0 Å². The van der Waals surface area contributed by atoms with Gasteiger partial charge in [-0.25, -0.2) is 0 Å². The maximum absolute atomic E-state index is 12.7. The Bertz CT molecular complexity index is 1570. The summed E-state index contributed by atoms with van der Waals surface area (Å²) in [5.74, 6) is 0.723. The molecule has 0 aliphatic heterocycles. The molecule has 1 amide bonds. The topological polar surface area (TPSA) is 81.7 Å². The number of nitrogens with one attached hydrogen (secondary N) is 1. The van der Waals surface area contributed by atoms with Gasteiger partial charge in [0, 0.05) is 28.2 Å². The Hall–Kier alpha value is -4.03. The average Bonchev–Trinajstić information content (AvgIpc) is 3.23. The SMILES string of the molecule is CCOc1ccccc1-c1cc(=O)c2ccc(NC(=O)c3cc4cc(Cl)ccc4o3)cc2o1. The van der Waals surface area contributed by atoms with Crippen LogP contribution in [0.1, 0.15) is 17.5 Å². The Morgan fingerprint density at radius 2 is 1.82 bits per heavy atom. The second-order valence-electron chi connectivity index (χ2n) is 7.36. The zero-order valence-corrected chi connectivity index (χ0v) is 18.3. The number of carbonyl (C=O) groups is 1. The summed E-state index contributed by atoms with van der Waals surface area (Å²) < 4.78 is 17.3. The second-order valence-corrected chi connectivity index (χ2v) is 7.80. The van der Waals surface area contributed by atoms with Crippen LogP contribution in [-0.4, -0.2) is 12.5 Å². The molecule has 7 heteroatoms. The Labute approximate surface area is 193 Å². The van der Waals surface area contributed by atoms with Crippen LogP contribution >= 0.6 is 11.6 Å². The maximum atomic E-state index is 12.7. The summed E-state index contributed by atoms with van der Waals surface area (Å²) in [6.07, 6.45) is 0. The first kappa shape index (κ1) is 20.8. The van der Waals surface area contributed by atoms with Crippen LogP contribution in [0, 0.1) is 0 Å². The standard InChI is InChI=1S/C26H18ClNO5/c1-2-31-22-6-4-3-5-19(22)24-14-20(29)18-9-8-17(13-23(18)33-24)28-26(30)25-12-15-11-16(27)7-10-21(15)32-25/h3-14H,2H2,1H3,(H,28,30). The number of ether oxygens (including phenoxy) is 1. The van der Waals surface area contributed by atoms with Gasteiger partial charge in [0.25, 0.3) is 5.91 Å². The minimum atomic E-state index is -0.429. The Morgan fingerprint density at radius 3 is 2.67 bits per heavy atom. The molecule has 0 unspecified atom stereocenters. The van der Waals surface area contributed by atoms with Gasteiger partial charge in [-0.1, -0.05) is 23.7 Å². The van der Waals surface area contributed by atoms with Crippen molar-refractivity contribution in [2.75, 3.05) is 11.9 Å². The lowest BCUT2D eigenvalue weighted by Crippen LogP contribution is -2.11. The molecule has 0 saturated carbocycles. The average molecular weight is 460 g/mol. The second kappa shape index (κ2) is 8.48. The van der Waals surface area contributed by atoms with Crippen molar-refractivity contribution < 1.29 is 18.4 Å². The van der Waals surface area contributed by atoms with Gasteiger partial charge in [-0.2, -0.15) is 0 Å². The number of hydrogen-bond donors (Lipinski definition) is 1. The lowest BCUT2D eigenvalue weighted by Gasteiger charge is -2.10. The van der Waals surface area contributed by atoms with Crippen molar-refractivity contribution in [2.45, 2.75) is 6.92 Å². The Morgan fingerprint density at radius 1 is 0.970 bits per heavy atom. The summed E-state index contributed by atoms with van der Waals surface area (Å²) in [6.45, 7) is 2.37. The number of anilines is 1. The van der Waals surface area contributed by atoms with Gasteiger partial charge in [0.15, 0.2) is 11.2 Å². The van der Waals surface area contributed by atoms with Crippen LogP contribution in [0.15, 0.2) is 86.4 Å². The zero-order valence-electron chi connectivity index (χ0n) is 17.6. The van der Waals surface area contributed by atoms with E-state index in [0.29, 0.717) is 50.9 Å². The fourth-order valence-corrected chi connectivity index (χ4v) is 3.82. The molecule has 2 aromatic heterocycles. The summed E-state index contributed by atoms with van der Waals surface area (Å²) in [7, 11) is 0. The Kier molecular flexibility index (Phi) is 5.36. The molecule has 0 bridgehead atoms. The molecule has 6 nitrogen and oxygen atoms in total. The fourth-order valence-electron chi connectivity index (χ4n) is 3.64. The molecule has 0 aliphatic rings. The lowest BCUT2D eigenvalue weighted by atomic mass is 10.1. The highest BCUT2D eigenvalue weighted by molar-refractivity contribution is 6.31. The number of halogens is 1. The zero-order chi connectivity index (χ0) is 22.9. The molecule has 2 heterocycles. The molecule has 0 spiro atoms. The smallest absolute Gasteiger partial charge is 0.291 e. The van der Waals surface area contributed by atoms with E-state index in [9.17, 15) is 9.59 Å². The number of furan rings is 1. The van der Waals surface area contributed by atoms with Crippen LogP contribution in [0.5, 0.6) is 5.75 Å². The van der Waals surface area contributed by atoms with Crippen LogP contribution in [0.25, 0.3) is 33.3 Å². The van der Waals surface area contributed by atoms with E-state index in [-0.39, 0.29) is 11.2 Å². The van der Waals surface area contributed by atoms with Crippen LogP contribution in [0.3, 0.4) is 0 Å². The molecule has 0 radical (unpaired) electrons. The van der Waals surface area contributed by atoms with Gasteiger partial charge < -0.3 is 18.9 Å². The highest BCUT2D eigenvalue weighted by Crippen LogP contribution is 2.31. The summed E-state index contributed by atoms with van der Waals surface area (Å²) in [5.41, 5.74) is 1.85. The van der Waals surface area contributed by atoms with Crippen molar-refractivity contribution in [3.8, 4) is 17.1 Å². The number of carbonyl (C=O) groups excluding carboxylic acids is 1. The van der Waals surface area contributed by atoms with Crippen molar-refractivity contribution >= 4 is 45.1 Å². The van der Waals surface area contributed by atoms with Crippen molar-refractivity contribution in [1.82, 2.24) is 0 Å². The van der Waals surface area contributed by atoms with Crippen LogP contribution < -0.4 is 15.5 Å². The van der Waals surface area contributed by atoms with E-state index in [4.69, 9.17) is 25.2 Å². The molecular weight excluding hydrogens is 442 g/mol. The molecule has 33 heavy (non-hydrogen) atoms. The van der Waals surface area contributed by atoms with E-state index in [1.165, 1.54) is 6.07 Å². The number of fused-ring (bicyclic) bond motifs is 2. The number of hydrogen-bond acceptors (Lipinski definition) is 5. The molecule has 1 N–H and O–H groups in total. The van der Waals surface area contributed by atoms with E-state index in [0.717, 1.165) is 5.39 Å². The van der Waals surface area contributed by atoms with Gasteiger partial charge in [-0.15, -0.1) is 0 Å². The molecule has 164 valence electrons. The summed E-state index contributed by atoms with van der Waals surface area (Å²) in [6, 6.07) is 20.4. The molecule has 3 aromatic carbocycles. The summed E-state index contributed by atoms with van der Waals surface area (Å²) >= 11 is 6.00. The number of amides is 1. The third-order valence-corrected chi connectivity index (χ3v) is 5.38. The van der Waals surface area contributed by atoms with Crippen molar-refractivity contribution in [3.63, 3.8) is 0 Å². The van der Waals surface area contributed by atoms with Gasteiger partial charge in [0.2, 0.25) is 0 Å². The number of para-hydroxylation sites is 1. The maximum Gasteiger partial charge on any atom is 0.291 e. The van der Waals surface area contributed by atoms with E-state index in [1.54, 1.807) is 42.5 Å². The lowest BCUT2D eigenvalue weighted by molar-refractivity contribution is 0.0998. The monoisotopic (exact) mass is 459 g/mol. The van der Waals surface area contributed by atoms with Gasteiger partial charge in [-0.3, -0.25) is 9.59 Å². The largest absolute Gasteiger partial charge is 0.493 e. The molecule has 0 atom stereocenters. The van der Waals surface area contributed by atoms with E-state index < -0.39 is 5.91 Å². The normalized spacial score (nSPS) is 11.1. The highest BCUT2D eigenvalue weighted by Gasteiger charge is 2.15. The first-order valence-electron chi connectivity index (χ1n) is 10.3. The molecule has 0 saturated heterocycles. The van der Waals surface area contributed by atoms with Gasteiger partial charge in [0.1, 0.15) is 22.7 Å². The summed E-state index contributed by atoms with van der Waals surface area (Å²) in [5, 5.41) is 4.48. The van der Waals surface area contributed by atoms with E-state index in [1.807, 2.05) is 31.2 Å². The summed E-state index contributed by atoms with van der Waals surface area (Å²) in [4.78, 5) is 25.4. The van der Waals surface area contributed by atoms with Gasteiger partial charge >= 0.3 is 0 Å². The van der Waals surface area contributed by atoms with Crippen molar-refractivity contribution in [3.05, 3.63) is 93.8 Å². The minimum Gasteiger partial charge on any atom is -0.493 e. The van der Waals surface area contributed by atoms with Gasteiger partial charge in [-0.05, 0) is 55.5 Å². The van der Waals surface area contributed by atoms with Crippen molar-refractivity contribution in [2.24, 2.45) is 0 Å². The number of benzene rings is 3. The predicted molar refractivity (Wildman–Crippen MR) is 128 cm³/mol. The third-order valence-electron chi connectivity index (χ3n) is 5.14. The first-order valence-corrected chi connectivity index (χ1v) is 10.7. The highest BCUT2D eigenvalue weighted by atomic mass is 35.5. The van der Waals surface area contributed by atoms with Crippen LogP contribution in [0.2, 0.25) is 5.02 Å². The molecule has 0 fully saturated rings. The molecule has 5 aromatic rings. The van der Waals surface area contributed by atoms with E-state index in [2.05, 4.69) is 5.32 Å². The molecule has 5 rings (SSSR count). The van der Waals surface area contributed by atoms with E-state index >= 15 is 0 Å². The minimum absolute atomic E-state index is 0.146. The molecule has 0 aliphatic carbocycles. The Balaban J connectivity index is 1.49. The number of rotatable bonds is 5. The predicted octanol–water partition coefficient (Wildman–Crippen LogP) is 6.51. The quantitative estimate of drug-likeness (QED) is 0.324. The van der Waals surface area contributed by atoms with Crippen LogP contribution in [-0.2, 0) is 0 Å². The third kappa shape index (κ3) is 4.08. The van der Waals surface area contributed by atoms with Crippen LogP contribution in [0.4, 0.5) is 5.69 Å².